The Bertz CT molecular complexity index is 559. The minimum absolute atomic E-state index is 0.474. The molecule has 5 nitrogen and oxygen atoms in total. The van der Waals surface area contributed by atoms with E-state index in [2.05, 4.69) is 33.7 Å². The molecule has 0 aromatic carbocycles. The summed E-state index contributed by atoms with van der Waals surface area (Å²) in [6, 6.07) is 2.58. The molecule has 4 N–H and O–H groups in total. The highest BCUT2D eigenvalue weighted by Crippen LogP contribution is 2.30. The van der Waals surface area contributed by atoms with Crippen LogP contribution in [0.25, 0.3) is 10.2 Å². The van der Waals surface area contributed by atoms with Gasteiger partial charge in [0.05, 0.1) is 5.39 Å². The monoisotopic (exact) mass is 277 g/mol. The summed E-state index contributed by atoms with van der Waals surface area (Å²) < 4.78 is 0. The number of nitrogens with two attached hydrogens (primary N) is 1. The first-order valence-electron chi connectivity index (χ1n) is 6.74. The Morgan fingerprint density at radius 3 is 2.79 bits per heavy atom. The molecule has 0 spiro atoms. The first-order chi connectivity index (χ1) is 9.26. The lowest BCUT2D eigenvalue weighted by molar-refractivity contribution is 0.361. The Hall–Kier alpha value is -1.40. The molecule has 2 heterocycles. The summed E-state index contributed by atoms with van der Waals surface area (Å²) in [5.74, 6) is 7.66. The summed E-state index contributed by atoms with van der Waals surface area (Å²) in [6.07, 6.45) is 5.00. The Morgan fingerprint density at radius 2 is 2.05 bits per heavy atom. The summed E-state index contributed by atoms with van der Waals surface area (Å²) in [6.45, 7) is 2.33. The third kappa shape index (κ3) is 2.64. The third-order valence-corrected chi connectivity index (χ3v) is 4.62. The van der Waals surface area contributed by atoms with Crippen molar-refractivity contribution in [1.29, 1.82) is 0 Å². The van der Waals surface area contributed by atoms with Crippen LogP contribution in [0.2, 0.25) is 0 Å². The van der Waals surface area contributed by atoms with Gasteiger partial charge in [0.15, 0.2) is 0 Å². The quantitative estimate of drug-likeness (QED) is 0.594. The summed E-state index contributed by atoms with van der Waals surface area (Å²) in [5, 5.41) is 6.69. The highest BCUT2D eigenvalue weighted by molar-refractivity contribution is 7.16. The van der Waals surface area contributed by atoms with Crippen LogP contribution in [0.1, 0.15) is 32.6 Å². The van der Waals surface area contributed by atoms with Crippen LogP contribution in [-0.4, -0.2) is 16.0 Å². The number of thiophene rings is 1. The Kier molecular flexibility index (Phi) is 3.52. The summed E-state index contributed by atoms with van der Waals surface area (Å²) >= 11 is 1.61. The normalized spacial score (nSPS) is 23.5. The van der Waals surface area contributed by atoms with E-state index in [1.807, 2.05) is 5.38 Å². The summed E-state index contributed by atoms with van der Waals surface area (Å²) in [5.41, 5.74) is 2.54. The zero-order chi connectivity index (χ0) is 13.2. The minimum atomic E-state index is 0.474. The predicted octanol–water partition coefficient (Wildman–Crippen LogP) is 2.97. The summed E-state index contributed by atoms with van der Waals surface area (Å²) in [4.78, 5) is 9.77. The van der Waals surface area contributed by atoms with E-state index in [1.54, 1.807) is 11.3 Å². The predicted molar refractivity (Wildman–Crippen MR) is 80.3 cm³/mol. The highest BCUT2D eigenvalue weighted by atomic mass is 32.1. The standard InChI is InChI=1S/C13H19N5S/c1-8-2-4-9(5-3-8)15-11-10-6-7-19-12(10)17-13(16-11)18-14/h6-9H,2-5,14H2,1H3,(H2,15,16,17,18). The van der Waals surface area contributed by atoms with Crippen LogP contribution in [0.15, 0.2) is 11.4 Å². The van der Waals surface area contributed by atoms with Crippen molar-refractivity contribution in [3.63, 3.8) is 0 Å². The van der Waals surface area contributed by atoms with Crippen LogP contribution in [-0.2, 0) is 0 Å². The maximum Gasteiger partial charge on any atom is 0.240 e. The molecular weight excluding hydrogens is 258 g/mol. The molecule has 0 radical (unpaired) electrons. The van der Waals surface area contributed by atoms with E-state index in [4.69, 9.17) is 5.84 Å². The van der Waals surface area contributed by atoms with Gasteiger partial charge in [0.25, 0.3) is 0 Å². The molecule has 2 aromatic heterocycles. The molecule has 6 heteroatoms. The molecular formula is C13H19N5S. The topological polar surface area (TPSA) is 75.9 Å². The second-order valence-electron chi connectivity index (χ2n) is 5.28. The van der Waals surface area contributed by atoms with Crippen molar-refractivity contribution in [1.82, 2.24) is 9.97 Å². The van der Waals surface area contributed by atoms with E-state index in [0.717, 1.165) is 22.0 Å². The fourth-order valence-corrected chi connectivity index (χ4v) is 3.39. The molecule has 1 fully saturated rings. The number of aromatic nitrogens is 2. The molecule has 0 bridgehead atoms. The first-order valence-corrected chi connectivity index (χ1v) is 7.62. The lowest BCUT2D eigenvalue weighted by Crippen LogP contribution is -2.26. The van der Waals surface area contributed by atoms with Crippen LogP contribution < -0.4 is 16.6 Å². The third-order valence-electron chi connectivity index (χ3n) is 3.81. The number of rotatable bonds is 3. The van der Waals surface area contributed by atoms with Gasteiger partial charge in [-0.05, 0) is 43.0 Å². The van der Waals surface area contributed by atoms with Crippen molar-refractivity contribution in [3.05, 3.63) is 11.4 Å². The van der Waals surface area contributed by atoms with Crippen LogP contribution in [0.3, 0.4) is 0 Å². The van der Waals surface area contributed by atoms with Gasteiger partial charge in [-0.2, -0.15) is 4.98 Å². The van der Waals surface area contributed by atoms with Gasteiger partial charge in [-0.15, -0.1) is 11.3 Å². The molecule has 0 unspecified atom stereocenters. The van der Waals surface area contributed by atoms with Crippen molar-refractivity contribution in [2.75, 3.05) is 10.7 Å². The van der Waals surface area contributed by atoms with Crippen LogP contribution >= 0.6 is 11.3 Å². The molecule has 1 saturated carbocycles. The molecule has 102 valence electrons. The van der Waals surface area contributed by atoms with Crippen molar-refractivity contribution in [2.24, 2.45) is 11.8 Å². The van der Waals surface area contributed by atoms with E-state index in [1.165, 1.54) is 25.7 Å². The van der Waals surface area contributed by atoms with E-state index < -0.39 is 0 Å². The average molecular weight is 277 g/mol. The fourth-order valence-electron chi connectivity index (χ4n) is 2.63. The molecule has 0 aliphatic heterocycles. The highest BCUT2D eigenvalue weighted by Gasteiger charge is 2.19. The van der Waals surface area contributed by atoms with E-state index >= 15 is 0 Å². The zero-order valence-electron chi connectivity index (χ0n) is 11.0. The largest absolute Gasteiger partial charge is 0.367 e. The molecule has 0 atom stereocenters. The van der Waals surface area contributed by atoms with Gasteiger partial charge in [0.1, 0.15) is 10.6 Å². The average Bonchev–Trinajstić information content (AvgIpc) is 2.89. The molecule has 1 aliphatic carbocycles. The van der Waals surface area contributed by atoms with Gasteiger partial charge >= 0.3 is 0 Å². The molecule has 0 saturated heterocycles. The second-order valence-corrected chi connectivity index (χ2v) is 6.18. The molecule has 0 amide bonds. The number of nitrogens with one attached hydrogen (secondary N) is 2. The van der Waals surface area contributed by atoms with Crippen molar-refractivity contribution in [2.45, 2.75) is 38.6 Å². The zero-order valence-corrected chi connectivity index (χ0v) is 11.8. The maximum absolute atomic E-state index is 5.43. The number of nitrogens with zero attached hydrogens (tertiary/aromatic N) is 2. The molecule has 2 aromatic rings. The van der Waals surface area contributed by atoms with Gasteiger partial charge in [-0.1, -0.05) is 6.92 Å². The van der Waals surface area contributed by atoms with Crippen LogP contribution in [0.5, 0.6) is 0 Å². The maximum atomic E-state index is 5.43. The fraction of sp³-hybridized carbons (Fsp3) is 0.538. The van der Waals surface area contributed by atoms with Crippen molar-refractivity contribution < 1.29 is 0 Å². The Labute approximate surface area is 116 Å². The summed E-state index contributed by atoms with van der Waals surface area (Å²) in [7, 11) is 0. The molecule has 3 rings (SSSR count). The van der Waals surface area contributed by atoms with E-state index in [0.29, 0.717) is 12.0 Å². The van der Waals surface area contributed by atoms with E-state index in [9.17, 15) is 0 Å². The number of hydrogen-bond acceptors (Lipinski definition) is 6. The second kappa shape index (κ2) is 5.30. The number of nitrogen functional groups attached to an aromatic ring is 1. The van der Waals surface area contributed by atoms with Gasteiger partial charge < -0.3 is 5.32 Å². The number of anilines is 2. The van der Waals surface area contributed by atoms with Gasteiger partial charge in [-0.25, -0.2) is 10.8 Å². The number of hydrogen-bond donors (Lipinski definition) is 3. The lowest BCUT2D eigenvalue weighted by Gasteiger charge is -2.27. The number of fused-ring (bicyclic) bond motifs is 1. The van der Waals surface area contributed by atoms with E-state index in [-0.39, 0.29) is 0 Å². The van der Waals surface area contributed by atoms with Crippen molar-refractivity contribution >= 4 is 33.3 Å². The Balaban J connectivity index is 1.85. The van der Waals surface area contributed by atoms with Gasteiger partial charge in [0, 0.05) is 6.04 Å². The van der Waals surface area contributed by atoms with Gasteiger partial charge in [-0.3, -0.25) is 5.43 Å². The van der Waals surface area contributed by atoms with Crippen LogP contribution in [0.4, 0.5) is 11.8 Å². The Morgan fingerprint density at radius 1 is 1.26 bits per heavy atom. The lowest BCUT2D eigenvalue weighted by atomic mass is 9.87. The first kappa shape index (κ1) is 12.6. The SMILES string of the molecule is CC1CCC(Nc2nc(NN)nc3sccc23)CC1. The smallest absolute Gasteiger partial charge is 0.240 e. The minimum Gasteiger partial charge on any atom is -0.367 e. The molecule has 1 aliphatic rings. The molecule has 19 heavy (non-hydrogen) atoms. The van der Waals surface area contributed by atoms with Crippen molar-refractivity contribution in [3.8, 4) is 0 Å². The number of hydrazine groups is 1. The van der Waals surface area contributed by atoms with Crippen LogP contribution in [0, 0.1) is 5.92 Å². The van der Waals surface area contributed by atoms with Gasteiger partial charge in [0.2, 0.25) is 5.95 Å².